The van der Waals surface area contributed by atoms with Crippen molar-refractivity contribution < 1.29 is 13.2 Å². The average Bonchev–Trinajstić information content (AvgIpc) is 2.64. The maximum absolute atomic E-state index is 12.7. The van der Waals surface area contributed by atoms with Gasteiger partial charge in [0.1, 0.15) is 0 Å². The number of nitrogens with zero attached hydrogens (tertiary/aromatic N) is 1. The third kappa shape index (κ3) is 4.92. The first-order valence-electron chi connectivity index (χ1n) is 8.59. The minimum absolute atomic E-state index is 0.0265. The predicted octanol–water partition coefficient (Wildman–Crippen LogP) is 3.11. The Kier molecular flexibility index (Phi) is 6.47. The van der Waals surface area contributed by atoms with Crippen LogP contribution in [0.1, 0.15) is 17.2 Å². The van der Waals surface area contributed by atoms with Crippen molar-refractivity contribution >= 4 is 26.0 Å². The summed E-state index contributed by atoms with van der Waals surface area (Å²) in [4.78, 5) is 2.54. The van der Waals surface area contributed by atoms with Crippen LogP contribution < -0.4 is 4.72 Å². The third-order valence-corrected chi connectivity index (χ3v) is 6.44. The van der Waals surface area contributed by atoms with E-state index in [2.05, 4.69) is 49.8 Å². The van der Waals surface area contributed by atoms with E-state index in [1.807, 2.05) is 13.0 Å². The van der Waals surface area contributed by atoms with E-state index in [0.717, 1.165) is 23.1 Å². The molecule has 5 nitrogen and oxygen atoms in total. The van der Waals surface area contributed by atoms with Crippen LogP contribution in [0.15, 0.2) is 57.9 Å². The first kappa shape index (κ1) is 19.5. The number of hydrogen-bond donors (Lipinski definition) is 1. The van der Waals surface area contributed by atoms with Crippen LogP contribution in [0.5, 0.6) is 0 Å². The van der Waals surface area contributed by atoms with E-state index in [1.54, 1.807) is 18.2 Å². The molecule has 3 rings (SSSR count). The number of benzene rings is 2. The molecule has 2 aromatic rings. The van der Waals surface area contributed by atoms with Crippen LogP contribution in [0.3, 0.4) is 0 Å². The van der Waals surface area contributed by atoms with Gasteiger partial charge in [-0.25, -0.2) is 13.1 Å². The number of sulfonamides is 1. The maximum Gasteiger partial charge on any atom is 0.240 e. The summed E-state index contributed by atoms with van der Waals surface area (Å²) in [5, 5.41) is 0. The van der Waals surface area contributed by atoms with Gasteiger partial charge < -0.3 is 4.74 Å². The molecule has 1 saturated heterocycles. The molecular weight excluding hydrogens is 416 g/mol. The minimum atomic E-state index is -3.57. The molecule has 0 bridgehead atoms. The zero-order valence-electron chi connectivity index (χ0n) is 14.7. The van der Waals surface area contributed by atoms with Crippen molar-refractivity contribution in [3.8, 4) is 0 Å². The Morgan fingerprint density at radius 3 is 2.50 bits per heavy atom. The third-order valence-electron chi connectivity index (χ3n) is 4.52. The molecule has 1 aliphatic rings. The van der Waals surface area contributed by atoms with Gasteiger partial charge in [-0.1, -0.05) is 51.8 Å². The van der Waals surface area contributed by atoms with Crippen LogP contribution in [0.2, 0.25) is 0 Å². The minimum Gasteiger partial charge on any atom is -0.379 e. The van der Waals surface area contributed by atoms with Gasteiger partial charge in [0.15, 0.2) is 0 Å². The second kappa shape index (κ2) is 8.63. The Morgan fingerprint density at radius 2 is 1.85 bits per heavy atom. The van der Waals surface area contributed by atoms with Crippen molar-refractivity contribution in [3.63, 3.8) is 0 Å². The van der Waals surface area contributed by atoms with Crippen molar-refractivity contribution in [3.05, 3.63) is 64.1 Å². The molecule has 140 valence electrons. The lowest BCUT2D eigenvalue weighted by molar-refractivity contribution is 0.0172. The van der Waals surface area contributed by atoms with Gasteiger partial charge in [-0.3, -0.25) is 4.90 Å². The SMILES string of the molecule is Cc1ccc(C(CNS(=O)(=O)c2cccc(Br)c2)N2CCOCC2)cc1. The van der Waals surface area contributed by atoms with Gasteiger partial charge in [-0.05, 0) is 30.7 Å². The summed E-state index contributed by atoms with van der Waals surface area (Å²) in [6.45, 7) is 5.27. The number of halogens is 1. The summed E-state index contributed by atoms with van der Waals surface area (Å²) in [6.07, 6.45) is 0. The van der Waals surface area contributed by atoms with Gasteiger partial charge in [-0.15, -0.1) is 0 Å². The van der Waals surface area contributed by atoms with E-state index < -0.39 is 10.0 Å². The number of aryl methyl sites for hydroxylation is 1. The standard InChI is InChI=1S/C19H23BrN2O3S/c1-15-5-7-16(8-6-15)19(22-9-11-25-12-10-22)14-21-26(23,24)18-4-2-3-17(20)13-18/h2-8,13,19,21H,9-12,14H2,1H3. The lowest BCUT2D eigenvalue weighted by Crippen LogP contribution is -2.43. The topological polar surface area (TPSA) is 58.6 Å². The molecule has 2 aromatic carbocycles. The number of morpholine rings is 1. The monoisotopic (exact) mass is 438 g/mol. The van der Waals surface area contributed by atoms with Crippen LogP contribution >= 0.6 is 15.9 Å². The molecule has 1 unspecified atom stereocenters. The number of rotatable bonds is 6. The predicted molar refractivity (Wildman–Crippen MR) is 106 cm³/mol. The van der Waals surface area contributed by atoms with Crippen molar-refractivity contribution in [2.24, 2.45) is 0 Å². The summed E-state index contributed by atoms with van der Waals surface area (Å²) in [7, 11) is -3.57. The maximum atomic E-state index is 12.7. The first-order valence-corrected chi connectivity index (χ1v) is 10.9. The summed E-state index contributed by atoms with van der Waals surface area (Å²) in [5.74, 6) is 0. The lowest BCUT2D eigenvalue weighted by atomic mass is 10.0. The molecule has 1 atom stereocenters. The molecule has 0 amide bonds. The van der Waals surface area contributed by atoms with Gasteiger partial charge in [0, 0.05) is 30.1 Å². The second-order valence-electron chi connectivity index (χ2n) is 6.38. The molecule has 0 spiro atoms. The zero-order chi connectivity index (χ0) is 18.6. The Labute approximate surface area is 163 Å². The molecule has 7 heteroatoms. The molecule has 0 saturated carbocycles. The molecule has 1 N–H and O–H groups in total. The van der Waals surface area contributed by atoms with E-state index in [0.29, 0.717) is 19.8 Å². The zero-order valence-corrected chi connectivity index (χ0v) is 17.1. The largest absolute Gasteiger partial charge is 0.379 e. The molecule has 0 radical (unpaired) electrons. The molecular formula is C19H23BrN2O3S. The highest BCUT2D eigenvalue weighted by Crippen LogP contribution is 2.23. The molecule has 26 heavy (non-hydrogen) atoms. The first-order chi connectivity index (χ1) is 12.5. The van der Waals surface area contributed by atoms with E-state index >= 15 is 0 Å². The van der Waals surface area contributed by atoms with E-state index in [1.165, 1.54) is 5.56 Å². The molecule has 0 aliphatic carbocycles. The fourth-order valence-corrected chi connectivity index (χ4v) is 4.68. The molecule has 1 aliphatic heterocycles. The average molecular weight is 439 g/mol. The Hall–Kier alpha value is -1.25. The number of hydrogen-bond acceptors (Lipinski definition) is 4. The van der Waals surface area contributed by atoms with E-state index in [4.69, 9.17) is 4.74 Å². The van der Waals surface area contributed by atoms with Crippen LogP contribution in [0, 0.1) is 6.92 Å². The number of ether oxygens (including phenoxy) is 1. The van der Waals surface area contributed by atoms with Crippen molar-refractivity contribution in [2.45, 2.75) is 17.9 Å². The highest BCUT2D eigenvalue weighted by atomic mass is 79.9. The molecule has 1 heterocycles. The highest BCUT2D eigenvalue weighted by Gasteiger charge is 2.25. The van der Waals surface area contributed by atoms with Crippen LogP contribution in [-0.2, 0) is 14.8 Å². The normalized spacial score (nSPS) is 17.2. The fourth-order valence-electron chi connectivity index (χ4n) is 3.04. The van der Waals surface area contributed by atoms with Crippen LogP contribution in [-0.4, -0.2) is 46.2 Å². The van der Waals surface area contributed by atoms with Gasteiger partial charge in [0.05, 0.1) is 18.1 Å². The Balaban J connectivity index is 1.80. The molecule has 0 aromatic heterocycles. The highest BCUT2D eigenvalue weighted by molar-refractivity contribution is 9.10. The summed E-state index contributed by atoms with van der Waals surface area (Å²) < 4.78 is 34.3. The van der Waals surface area contributed by atoms with Crippen molar-refractivity contribution in [1.29, 1.82) is 0 Å². The smallest absolute Gasteiger partial charge is 0.240 e. The lowest BCUT2D eigenvalue weighted by Gasteiger charge is -2.35. The van der Waals surface area contributed by atoms with Crippen LogP contribution in [0.4, 0.5) is 0 Å². The van der Waals surface area contributed by atoms with Crippen molar-refractivity contribution in [2.75, 3.05) is 32.8 Å². The van der Waals surface area contributed by atoms with E-state index in [-0.39, 0.29) is 10.9 Å². The Bertz CT molecular complexity index is 834. The fraction of sp³-hybridized carbons (Fsp3) is 0.368. The second-order valence-corrected chi connectivity index (χ2v) is 9.07. The molecule has 1 fully saturated rings. The quantitative estimate of drug-likeness (QED) is 0.752. The van der Waals surface area contributed by atoms with Gasteiger partial charge >= 0.3 is 0 Å². The van der Waals surface area contributed by atoms with Crippen LogP contribution in [0.25, 0.3) is 0 Å². The van der Waals surface area contributed by atoms with Gasteiger partial charge in [-0.2, -0.15) is 0 Å². The van der Waals surface area contributed by atoms with Crippen molar-refractivity contribution in [1.82, 2.24) is 9.62 Å². The van der Waals surface area contributed by atoms with E-state index in [9.17, 15) is 8.42 Å². The Morgan fingerprint density at radius 1 is 1.15 bits per heavy atom. The summed E-state index contributed by atoms with van der Waals surface area (Å²) >= 11 is 3.33. The summed E-state index contributed by atoms with van der Waals surface area (Å²) in [5.41, 5.74) is 2.29. The van der Waals surface area contributed by atoms with Gasteiger partial charge in [0.2, 0.25) is 10.0 Å². The summed E-state index contributed by atoms with van der Waals surface area (Å²) in [6, 6.07) is 15.0. The number of nitrogens with one attached hydrogen (secondary N) is 1. The van der Waals surface area contributed by atoms with Gasteiger partial charge in [0.25, 0.3) is 0 Å².